The Hall–Kier alpha value is -0.910. The van der Waals surface area contributed by atoms with Crippen LogP contribution in [0.5, 0.6) is 0 Å². The maximum absolute atomic E-state index is 10.9. The number of aliphatic carboxylic acids is 1. The van der Waals surface area contributed by atoms with Crippen LogP contribution in [-0.4, -0.2) is 28.9 Å². The molecule has 0 unspecified atom stereocenters. The number of nitrogens with one attached hydrogen (secondary N) is 1. The second-order valence-electron chi connectivity index (χ2n) is 4.15. The van der Waals surface area contributed by atoms with Gasteiger partial charge in [-0.3, -0.25) is 4.79 Å². The summed E-state index contributed by atoms with van der Waals surface area (Å²) >= 11 is 7.57. The number of rotatable bonds is 4. The number of anilines is 1. The Morgan fingerprint density at radius 3 is 2.82 bits per heavy atom. The lowest BCUT2D eigenvalue weighted by Crippen LogP contribution is -2.57. The van der Waals surface area contributed by atoms with Crippen molar-refractivity contribution in [2.24, 2.45) is 0 Å². The van der Waals surface area contributed by atoms with E-state index in [-0.39, 0.29) is 11.2 Å². The van der Waals surface area contributed by atoms with E-state index in [0.29, 0.717) is 23.8 Å². The summed E-state index contributed by atoms with van der Waals surface area (Å²) in [6.07, 6.45) is 0.121. The zero-order valence-corrected chi connectivity index (χ0v) is 10.6. The molecule has 6 heteroatoms. The number of carboxylic acids is 1. The van der Waals surface area contributed by atoms with Crippen molar-refractivity contribution < 1.29 is 9.90 Å². The highest BCUT2D eigenvalue weighted by Gasteiger charge is 2.40. The molecule has 92 valence electrons. The summed E-state index contributed by atoms with van der Waals surface area (Å²) in [5.74, 6) is -0.793. The molecule has 4 N–H and O–H groups in total. The largest absolute Gasteiger partial charge is 0.481 e. The van der Waals surface area contributed by atoms with Gasteiger partial charge in [0.2, 0.25) is 0 Å². The minimum absolute atomic E-state index is 0.121. The lowest BCUT2D eigenvalue weighted by atomic mass is 9.98. The van der Waals surface area contributed by atoms with Crippen molar-refractivity contribution in [1.82, 2.24) is 5.32 Å². The minimum Gasteiger partial charge on any atom is -0.481 e. The number of nitrogen functional groups attached to an aromatic ring is 1. The molecule has 0 aromatic heterocycles. The predicted octanol–water partition coefficient (Wildman–Crippen LogP) is 1.83. The molecular weight excluding hydrogens is 260 g/mol. The summed E-state index contributed by atoms with van der Waals surface area (Å²) in [5.41, 5.74) is 6.34. The molecule has 0 spiro atoms. The maximum atomic E-state index is 10.9. The minimum atomic E-state index is -0.793. The Morgan fingerprint density at radius 1 is 1.59 bits per heavy atom. The first kappa shape index (κ1) is 12.5. The van der Waals surface area contributed by atoms with Crippen molar-refractivity contribution >= 4 is 35.0 Å². The number of halogens is 1. The zero-order chi connectivity index (χ0) is 12.5. The first-order valence-corrected chi connectivity index (χ1v) is 6.37. The monoisotopic (exact) mass is 272 g/mol. The van der Waals surface area contributed by atoms with Crippen molar-refractivity contribution in [1.29, 1.82) is 0 Å². The van der Waals surface area contributed by atoms with Crippen LogP contribution >= 0.6 is 23.4 Å². The van der Waals surface area contributed by atoms with Gasteiger partial charge in [-0.1, -0.05) is 11.6 Å². The second-order valence-corrected chi connectivity index (χ2v) is 6.07. The van der Waals surface area contributed by atoms with Crippen molar-refractivity contribution in [3.63, 3.8) is 0 Å². The van der Waals surface area contributed by atoms with Crippen molar-refractivity contribution in [3.8, 4) is 0 Å². The van der Waals surface area contributed by atoms with E-state index in [9.17, 15) is 4.79 Å². The lowest BCUT2D eigenvalue weighted by molar-refractivity contribution is -0.138. The van der Waals surface area contributed by atoms with Gasteiger partial charge in [-0.05, 0) is 18.2 Å². The van der Waals surface area contributed by atoms with E-state index in [2.05, 4.69) is 5.32 Å². The molecule has 1 aromatic rings. The average molecular weight is 273 g/mol. The summed E-state index contributed by atoms with van der Waals surface area (Å²) < 4.78 is -0.302. The summed E-state index contributed by atoms with van der Waals surface area (Å²) in [4.78, 5) is 11.7. The van der Waals surface area contributed by atoms with E-state index < -0.39 is 5.97 Å². The molecule has 1 aliphatic heterocycles. The molecule has 2 rings (SSSR count). The van der Waals surface area contributed by atoms with Crippen LogP contribution in [0.15, 0.2) is 23.1 Å². The second kappa shape index (κ2) is 4.76. The fourth-order valence-corrected chi connectivity index (χ4v) is 3.35. The van der Waals surface area contributed by atoms with E-state index in [1.54, 1.807) is 18.2 Å². The zero-order valence-electron chi connectivity index (χ0n) is 9.07. The molecule has 1 aromatic carbocycles. The van der Waals surface area contributed by atoms with Crippen LogP contribution in [0.2, 0.25) is 5.02 Å². The summed E-state index contributed by atoms with van der Waals surface area (Å²) in [6.45, 7) is 1.35. The molecule has 4 nitrogen and oxygen atoms in total. The van der Waals surface area contributed by atoms with Gasteiger partial charge in [0.05, 0.1) is 16.2 Å². The fraction of sp³-hybridized carbons (Fsp3) is 0.364. The summed E-state index contributed by atoms with van der Waals surface area (Å²) in [7, 11) is 0. The molecule has 0 bridgehead atoms. The van der Waals surface area contributed by atoms with Crippen molar-refractivity contribution in [2.75, 3.05) is 18.8 Å². The third-order valence-electron chi connectivity index (χ3n) is 2.65. The number of thioether (sulfide) groups is 1. The number of hydrogen-bond acceptors (Lipinski definition) is 4. The summed E-state index contributed by atoms with van der Waals surface area (Å²) in [5, 5.41) is 12.6. The van der Waals surface area contributed by atoms with Crippen molar-refractivity contribution in [2.45, 2.75) is 16.1 Å². The number of benzene rings is 1. The molecule has 1 fully saturated rings. The highest BCUT2D eigenvalue weighted by molar-refractivity contribution is 8.01. The average Bonchev–Trinajstić information content (AvgIpc) is 2.19. The van der Waals surface area contributed by atoms with E-state index >= 15 is 0 Å². The lowest BCUT2D eigenvalue weighted by Gasteiger charge is -2.41. The van der Waals surface area contributed by atoms with Crippen LogP contribution in [0.1, 0.15) is 6.42 Å². The molecular formula is C11H13ClN2O2S. The normalized spacial score (nSPS) is 17.5. The van der Waals surface area contributed by atoms with Gasteiger partial charge in [-0.15, -0.1) is 11.8 Å². The van der Waals surface area contributed by atoms with Gasteiger partial charge in [0, 0.05) is 23.7 Å². The Bertz CT molecular complexity index is 449. The van der Waals surface area contributed by atoms with E-state index in [4.69, 9.17) is 22.4 Å². The Morgan fingerprint density at radius 2 is 2.29 bits per heavy atom. The van der Waals surface area contributed by atoms with Crippen LogP contribution in [0.25, 0.3) is 0 Å². The molecule has 17 heavy (non-hydrogen) atoms. The van der Waals surface area contributed by atoms with Gasteiger partial charge in [0.1, 0.15) is 0 Å². The molecule has 0 aliphatic carbocycles. The van der Waals surface area contributed by atoms with Gasteiger partial charge >= 0.3 is 5.97 Å². The fourth-order valence-electron chi connectivity index (χ4n) is 1.74. The highest BCUT2D eigenvalue weighted by Crippen LogP contribution is 2.42. The van der Waals surface area contributed by atoms with Crippen LogP contribution in [0, 0.1) is 0 Å². The van der Waals surface area contributed by atoms with Crippen LogP contribution in [-0.2, 0) is 4.79 Å². The molecule has 0 saturated carbocycles. The molecule has 0 radical (unpaired) electrons. The Kier molecular flexibility index (Phi) is 3.51. The van der Waals surface area contributed by atoms with Gasteiger partial charge in [0.15, 0.2) is 0 Å². The smallest absolute Gasteiger partial charge is 0.304 e. The molecule has 1 aliphatic rings. The van der Waals surface area contributed by atoms with Crippen LogP contribution < -0.4 is 11.1 Å². The van der Waals surface area contributed by atoms with Crippen LogP contribution in [0.3, 0.4) is 0 Å². The Balaban J connectivity index is 2.18. The summed E-state index contributed by atoms with van der Waals surface area (Å²) in [6, 6.07) is 5.25. The van der Waals surface area contributed by atoms with E-state index in [1.807, 2.05) is 0 Å². The number of carboxylic acid groups (broad SMARTS) is 1. The van der Waals surface area contributed by atoms with Gasteiger partial charge in [-0.25, -0.2) is 0 Å². The van der Waals surface area contributed by atoms with E-state index in [0.717, 1.165) is 4.90 Å². The number of hydrogen-bond donors (Lipinski definition) is 3. The molecule has 1 saturated heterocycles. The Labute approximate surface area is 109 Å². The first-order valence-electron chi connectivity index (χ1n) is 5.17. The highest BCUT2D eigenvalue weighted by atomic mass is 35.5. The molecule has 0 amide bonds. The number of carbonyl (C=O) groups is 1. The third-order valence-corrected chi connectivity index (χ3v) is 4.51. The van der Waals surface area contributed by atoms with Gasteiger partial charge in [0.25, 0.3) is 0 Å². The maximum Gasteiger partial charge on any atom is 0.304 e. The van der Waals surface area contributed by atoms with E-state index in [1.165, 1.54) is 11.8 Å². The van der Waals surface area contributed by atoms with Crippen LogP contribution in [0.4, 0.5) is 5.69 Å². The molecule has 1 heterocycles. The van der Waals surface area contributed by atoms with Gasteiger partial charge < -0.3 is 16.2 Å². The first-order chi connectivity index (χ1) is 8.01. The third kappa shape index (κ3) is 2.86. The van der Waals surface area contributed by atoms with Crippen molar-refractivity contribution in [3.05, 3.63) is 23.2 Å². The topological polar surface area (TPSA) is 75.4 Å². The standard InChI is InChI=1S/C11H13ClN2O2S/c12-8-2-1-7(13)3-9(8)17-11(4-10(15)16)5-14-6-11/h1-3,14H,4-6,13H2,(H,15,16). The molecule has 0 atom stereocenters. The SMILES string of the molecule is Nc1ccc(Cl)c(SC2(CC(=O)O)CNC2)c1. The predicted molar refractivity (Wildman–Crippen MR) is 69.6 cm³/mol. The number of nitrogens with two attached hydrogens (primary N) is 1. The van der Waals surface area contributed by atoms with Gasteiger partial charge in [-0.2, -0.15) is 0 Å². The quantitative estimate of drug-likeness (QED) is 0.729.